The van der Waals surface area contributed by atoms with Crippen LogP contribution in [0.15, 0.2) is 24.8 Å². The maximum atomic E-state index is 12.9. The van der Waals surface area contributed by atoms with Gasteiger partial charge in [0.25, 0.3) is 0 Å². The van der Waals surface area contributed by atoms with E-state index in [9.17, 15) is 35.9 Å². The lowest BCUT2D eigenvalue weighted by atomic mass is 10.1. The molecule has 0 saturated heterocycles. The summed E-state index contributed by atoms with van der Waals surface area (Å²) in [6, 6.07) is 0. The lowest BCUT2D eigenvalue weighted by molar-refractivity contribution is -0.138. The SMILES string of the molecule is CN.CNc1nc(Nc2cn(C(C)(C)C(N)=O)nc2C)ncc1C(F)(F)F.Cc1nn(C(C)(C)C(N)=O)cc1Nc1ncc(C(F)(F)F)c(Cl)n1. The van der Waals surface area contributed by atoms with Crippen molar-refractivity contribution in [2.24, 2.45) is 17.2 Å². The van der Waals surface area contributed by atoms with Crippen molar-refractivity contribution in [1.82, 2.24) is 39.5 Å². The van der Waals surface area contributed by atoms with Gasteiger partial charge in [-0.3, -0.25) is 19.0 Å². The normalized spacial score (nSPS) is 11.8. The van der Waals surface area contributed by atoms with E-state index < -0.39 is 51.5 Å². The summed E-state index contributed by atoms with van der Waals surface area (Å²) in [5.74, 6) is -1.70. The van der Waals surface area contributed by atoms with Gasteiger partial charge in [-0.2, -0.15) is 41.5 Å². The second-order valence-electron chi connectivity index (χ2n) is 11.3. The third-order valence-corrected chi connectivity index (χ3v) is 7.31. The molecule has 4 aromatic rings. The molecule has 0 bridgehead atoms. The van der Waals surface area contributed by atoms with Crippen LogP contribution in [0.25, 0.3) is 0 Å². The number of nitrogens with two attached hydrogens (primary N) is 3. The van der Waals surface area contributed by atoms with Gasteiger partial charge in [0.1, 0.15) is 33.2 Å². The van der Waals surface area contributed by atoms with Gasteiger partial charge in [0.15, 0.2) is 0 Å². The molecule has 0 aliphatic carbocycles. The van der Waals surface area contributed by atoms with Crippen LogP contribution in [0, 0.1) is 13.8 Å². The van der Waals surface area contributed by atoms with E-state index in [4.69, 9.17) is 23.1 Å². The number of carbonyl (C=O) groups excluding carboxylic acids is 2. The van der Waals surface area contributed by atoms with E-state index in [1.165, 1.54) is 35.9 Å². The number of amides is 2. The predicted molar refractivity (Wildman–Crippen MR) is 176 cm³/mol. The van der Waals surface area contributed by atoms with Crippen LogP contribution in [0.2, 0.25) is 5.15 Å². The van der Waals surface area contributed by atoms with Gasteiger partial charge in [-0.05, 0) is 48.6 Å². The van der Waals surface area contributed by atoms with Crippen LogP contribution in [0.4, 0.5) is 55.4 Å². The van der Waals surface area contributed by atoms with Crippen molar-refractivity contribution < 1.29 is 35.9 Å². The molecule has 0 fully saturated rings. The molecule has 0 unspecified atom stereocenters. The molecule has 2 amide bonds. The van der Waals surface area contributed by atoms with E-state index in [1.807, 2.05) is 0 Å². The summed E-state index contributed by atoms with van der Waals surface area (Å²) in [7, 11) is 2.83. The summed E-state index contributed by atoms with van der Waals surface area (Å²) in [6.07, 6.45) is -4.93. The largest absolute Gasteiger partial charge is 0.421 e. The first kappa shape index (κ1) is 41.9. The highest BCUT2D eigenvalue weighted by molar-refractivity contribution is 6.30. The Morgan fingerprint density at radius 3 is 1.43 bits per heavy atom. The lowest BCUT2D eigenvalue weighted by Crippen LogP contribution is -2.41. The fourth-order valence-electron chi connectivity index (χ4n) is 3.66. The first-order chi connectivity index (χ1) is 23.4. The van der Waals surface area contributed by atoms with E-state index in [1.54, 1.807) is 41.5 Å². The Morgan fingerprint density at radius 1 is 0.725 bits per heavy atom. The summed E-state index contributed by atoms with van der Waals surface area (Å²) in [6.45, 7) is 9.66. The minimum Gasteiger partial charge on any atom is -0.372 e. The van der Waals surface area contributed by atoms with Gasteiger partial charge >= 0.3 is 12.4 Å². The number of carbonyl (C=O) groups is 2. The summed E-state index contributed by atoms with van der Waals surface area (Å²) in [5, 5.41) is 15.5. The first-order valence-corrected chi connectivity index (χ1v) is 14.8. The van der Waals surface area contributed by atoms with Gasteiger partial charge in [-0.1, -0.05) is 11.6 Å². The Labute approximate surface area is 292 Å². The van der Waals surface area contributed by atoms with Crippen molar-refractivity contribution in [3.63, 3.8) is 0 Å². The fraction of sp³-hybridized carbons (Fsp3) is 0.429. The zero-order valence-corrected chi connectivity index (χ0v) is 29.3. The molecule has 0 atom stereocenters. The quantitative estimate of drug-likeness (QED) is 0.104. The highest BCUT2D eigenvalue weighted by Gasteiger charge is 2.36. The zero-order chi connectivity index (χ0) is 39.3. The number of anilines is 5. The number of aryl methyl sites for hydroxylation is 2. The van der Waals surface area contributed by atoms with Crippen molar-refractivity contribution >= 4 is 52.5 Å². The molecule has 9 N–H and O–H groups in total. The number of hydrogen-bond donors (Lipinski definition) is 6. The van der Waals surface area contributed by atoms with Crippen molar-refractivity contribution in [3.8, 4) is 0 Å². The van der Waals surface area contributed by atoms with Crippen molar-refractivity contribution in [3.05, 3.63) is 52.5 Å². The van der Waals surface area contributed by atoms with Gasteiger partial charge < -0.3 is 33.2 Å². The Hall–Kier alpha value is -5.25. The molecule has 4 rings (SSSR count). The van der Waals surface area contributed by atoms with Crippen LogP contribution in [0.1, 0.15) is 50.2 Å². The third-order valence-electron chi connectivity index (χ3n) is 7.02. The van der Waals surface area contributed by atoms with Crippen LogP contribution in [0.3, 0.4) is 0 Å². The summed E-state index contributed by atoms with van der Waals surface area (Å²) < 4.78 is 79.2. The number of rotatable bonds is 9. The van der Waals surface area contributed by atoms with Crippen LogP contribution in [-0.2, 0) is 33.0 Å². The van der Waals surface area contributed by atoms with Crippen LogP contribution >= 0.6 is 11.6 Å². The highest BCUT2D eigenvalue weighted by Crippen LogP contribution is 2.35. The average Bonchev–Trinajstić information content (AvgIpc) is 3.59. The van der Waals surface area contributed by atoms with Gasteiger partial charge in [0.2, 0.25) is 23.7 Å². The molecule has 23 heteroatoms. The Kier molecular flexibility index (Phi) is 12.9. The van der Waals surface area contributed by atoms with Gasteiger partial charge in [0.05, 0.1) is 35.2 Å². The molecular weight excluding hydrogens is 714 g/mol. The fourth-order valence-corrected chi connectivity index (χ4v) is 3.89. The standard InChI is InChI=1S/C14H18F3N7O.C13H14ClF3N6O.CH5N/c1-7-9(6-24(23-7)13(2,3)11(18)25)21-12-20-5-8(14(15,16)17)10(19-4)22-12;1-6-8(5-23(22-6)12(2,3)10(18)24)20-11-19-4-7(9(14)21-11)13(15,16)17;1-2/h5-6H,1-4H3,(H2,18,25)(H2,19,20,21,22);4-5H,1-3H3,(H2,18,24)(H,19,20,21);2H2,1H3. The van der Waals surface area contributed by atoms with Gasteiger partial charge in [-0.25, -0.2) is 15.0 Å². The van der Waals surface area contributed by atoms with Gasteiger partial charge in [0, 0.05) is 19.4 Å². The maximum absolute atomic E-state index is 12.9. The van der Waals surface area contributed by atoms with Crippen molar-refractivity contribution in [2.75, 3.05) is 30.0 Å². The smallest absolute Gasteiger partial charge is 0.372 e. The molecule has 4 heterocycles. The van der Waals surface area contributed by atoms with E-state index in [0.29, 0.717) is 35.2 Å². The van der Waals surface area contributed by atoms with Crippen molar-refractivity contribution in [2.45, 2.75) is 65.0 Å². The number of aromatic nitrogens is 8. The molecule has 0 saturated carbocycles. The second kappa shape index (κ2) is 15.7. The average molecular weight is 751 g/mol. The van der Waals surface area contributed by atoms with E-state index in [0.717, 1.165) is 0 Å². The Bertz CT molecular complexity index is 1850. The molecule has 0 radical (unpaired) electrons. The molecule has 51 heavy (non-hydrogen) atoms. The number of halogens is 7. The van der Waals surface area contributed by atoms with E-state index >= 15 is 0 Å². The van der Waals surface area contributed by atoms with Crippen LogP contribution < -0.4 is 33.2 Å². The summed E-state index contributed by atoms with van der Waals surface area (Å²) in [5.41, 5.74) is 12.8. The lowest BCUT2D eigenvalue weighted by Gasteiger charge is -2.20. The molecule has 16 nitrogen and oxygen atoms in total. The molecular formula is C28H37ClF6N14O2. The number of primary amides is 2. The molecule has 4 aromatic heterocycles. The number of nitrogens with one attached hydrogen (secondary N) is 3. The molecule has 0 aromatic carbocycles. The Balaban J connectivity index is 0.000000337. The second-order valence-corrected chi connectivity index (χ2v) is 11.7. The minimum atomic E-state index is -4.64. The summed E-state index contributed by atoms with van der Waals surface area (Å²) in [4.78, 5) is 37.7. The predicted octanol–water partition coefficient (Wildman–Crippen LogP) is 4.20. The maximum Gasteiger partial charge on any atom is 0.421 e. The topological polar surface area (TPSA) is 235 Å². The number of alkyl halides is 6. The number of nitrogens with zero attached hydrogens (tertiary/aromatic N) is 8. The zero-order valence-electron chi connectivity index (χ0n) is 28.6. The van der Waals surface area contributed by atoms with Crippen molar-refractivity contribution in [1.29, 1.82) is 0 Å². The Morgan fingerprint density at radius 2 is 1.10 bits per heavy atom. The molecule has 0 aliphatic heterocycles. The summed E-state index contributed by atoms with van der Waals surface area (Å²) >= 11 is 5.55. The van der Waals surface area contributed by atoms with E-state index in [2.05, 4.69) is 51.8 Å². The monoisotopic (exact) mass is 750 g/mol. The molecule has 280 valence electrons. The number of hydrogen-bond acceptors (Lipinski definition) is 12. The van der Waals surface area contributed by atoms with Gasteiger partial charge in [-0.15, -0.1) is 0 Å². The van der Waals surface area contributed by atoms with Crippen LogP contribution in [-0.4, -0.2) is 65.4 Å². The highest BCUT2D eigenvalue weighted by atomic mass is 35.5. The van der Waals surface area contributed by atoms with Crippen LogP contribution in [0.5, 0.6) is 0 Å². The minimum absolute atomic E-state index is 0.0446. The molecule has 0 aliphatic rings. The van der Waals surface area contributed by atoms with E-state index in [-0.39, 0.29) is 17.7 Å². The third kappa shape index (κ3) is 9.93. The first-order valence-electron chi connectivity index (χ1n) is 14.5. The molecule has 0 spiro atoms.